The first-order valence-corrected chi connectivity index (χ1v) is 5.15. The van der Waals surface area contributed by atoms with E-state index in [9.17, 15) is 0 Å². The van der Waals surface area contributed by atoms with Gasteiger partial charge in [0, 0.05) is 19.2 Å². The highest BCUT2D eigenvalue weighted by Crippen LogP contribution is 2.10. The van der Waals surface area contributed by atoms with Gasteiger partial charge in [-0.2, -0.15) is 0 Å². The van der Waals surface area contributed by atoms with Crippen molar-refractivity contribution in [3.63, 3.8) is 0 Å². The third kappa shape index (κ3) is 2.77. The Morgan fingerprint density at radius 2 is 2.53 bits per heavy atom. The molecule has 1 atom stereocenters. The van der Waals surface area contributed by atoms with Crippen molar-refractivity contribution in [3.8, 4) is 0 Å². The van der Waals surface area contributed by atoms with Crippen molar-refractivity contribution >= 4 is 0 Å². The summed E-state index contributed by atoms with van der Waals surface area (Å²) in [5, 5.41) is 12.8. The molecule has 1 aliphatic heterocycles. The molecule has 0 amide bonds. The SMILES string of the molecule is Cc1cc(CN2CCOC(CO)C2)on1. The maximum Gasteiger partial charge on any atom is 0.150 e. The van der Waals surface area contributed by atoms with Gasteiger partial charge >= 0.3 is 0 Å². The quantitative estimate of drug-likeness (QED) is 0.774. The number of aromatic nitrogens is 1. The monoisotopic (exact) mass is 212 g/mol. The molecule has 0 saturated carbocycles. The maximum absolute atomic E-state index is 8.99. The van der Waals surface area contributed by atoms with Gasteiger partial charge in [-0.3, -0.25) is 4.90 Å². The topological polar surface area (TPSA) is 58.7 Å². The Morgan fingerprint density at radius 3 is 3.20 bits per heavy atom. The van der Waals surface area contributed by atoms with E-state index in [1.54, 1.807) is 0 Å². The second kappa shape index (κ2) is 4.74. The van der Waals surface area contributed by atoms with Crippen LogP contribution in [0.25, 0.3) is 0 Å². The Balaban J connectivity index is 1.88. The van der Waals surface area contributed by atoms with Crippen LogP contribution in [0.2, 0.25) is 0 Å². The molecule has 0 spiro atoms. The highest BCUT2D eigenvalue weighted by molar-refractivity contribution is 5.02. The summed E-state index contributed by atoms with van der Waals surface area (Å²) < 4.78 is 10.5. The molecule has 1 N–H and O–H groups in total. The van der Waals surface area contributed by atoms with Crippen LogP contribution in [-0.2, 0) is 11.3 Å². The third-order valence-corrected chi connectivity index (χ3v) is 2.48. The Labute approximate surface area is 88.6 Å². The van der Waals surface area contributed by atoms with Crippen LogP contribution in [0, 0.1) is 6.92 Å². The zero-order chi connectivity index (χ0) is 10.7. The van der Waals surface area contributed by atoms with E-state index in [2.05, 4.69) is 10.1 Å². The number of aliphatic hydroxyl groups excluding tert-OH is 1. The van der Waals surface area contributed by atoms with Crippen molar-refractivity contribution in [1.29, 1.82) is 0 Å². The molecule has 0 aliphatic carbocycles. The highest BCUT2D eigenvalue weighted by Gasteiger charge is 2.20. The number of rotatable bonds is 3. The molecular weight excluding hydrogens is 196 g/mol. The Bertz CT molecular complexity index is 313. The number of morpholine rings is 1. The average Bonchev–Trinajstić information content (AvgIpc) is 2.64. The first-order valence-electron chi connectivity index (χ1n) is 5.15. The zero-order valence-corrected chi connectivity index (χ0v) is 8.85. The first kappa shape index (κ1) is 10.6. The van der Waals surface area contributed by atoms with Crippen LogP contribution in [0.1, 0.15) is 11.5 Å². The van der Waals surface area contributed by atoms with E-state index in [0.29, 0.717) is 6.61 Å². The molecule has 0 bridgehead atoms. The van der Waals surface area contributed by atoms with Crippen LogP contribution >= 0.6 is 0 Å². The molecular formula is C10H16N2O3. The summed E-state index contributed by atoms with van der Waals surface area (Å²) in [6.45, 7) is 5.00. The lowest BCUT2D eigenvalue weighted by Gasteiger charge is -2.31. The van der Waals surface area contributed by atoms with Crippen molar-refractivity contribution in [3.05, 3.63) is 17.5 Å². The van der Waals surface area contributed by atoms with E-state index >= 15 is 0 Å². The van der Waals surface area contributed by atoms with Crippen LogP contribution in [-0.4, -0.2) is 47.6 Å². The van der Waals surface area contributed by atoms with Crippen molar-refractivity contribution in [2.45, 2.75) is 19.6 Å². The van der Waals surface area contributed by atoms with Gasteiger partial charge in [0.1, 0.15) is 0 Å². The molecule has 1 aliphatic rings. The van der Waals surface area contributed by atoms with Crippen LogP contribution in [0.3, 0.4) is 0 Å². The van der Waals surface area contributed by atoms with Gasteiger partial charge in [-0.15, -0.1) is 0 Å². The van der Waals surface area contributed by atoms with E-state index in [1.165, 1.54) is 0 Å². The van der Waals surface area contributed by atoms with E-state index in [-0.39, 0.29) is 12.7 Å². The number of aryl methyl sites for hydroxylation is 1. The molecule has 5 heteroatoms. The molecule has 84 valence electrons. The Kier molecular flexibility index (Phi) is 3.35. The molecule has 15 heavy (non-hydrogen) atoms. The van der Waals surface area contributed by atoms with Crippen molar-refractivity contribution in [2.24, 2.45) is 0 Å². The van der Waals surface area contributed by atoms with Crippen molar-refractivity contribution in [1.82, 2.24) is 10.1 Å². The summed E-state index contributed by atoms with van der Waals surface area (Å²) in [6.07, 6.45) is -0.0669. The first-order chi connectivity index (χ1) is 7.28. The summed E-state index contributed by atoms with van der Waals surface area (Å²) >= 11 is 0. The molecule has 1 unspecified atom stereocenters. The number of aliphatic hydroxyl groups is 1. The molecule has 2 heterocycles. The molecule has 2 rings (SSSR count). The number of ether oxygens (including phenoxy) is 1. The number of nitrogens with zero attached hydrogens (tertiary/aromatic N) is 2. The Morgan fingerprint density at radius 1 is 1.67 bits per heavy atom. The van der Waals surface area contributed by atoms with E-state index in [4.69, 9.17) is 14.4 Å². The van der Waals surface area contributed by atoms with Crippen LogP contribution in [0.4, 0.5) is 0 Å². The van der Waals surface area contributed by atoms with Gasteiger partial charge in [0.2, 0.25) is 0 Å². The standard InChI is InChI=1S/C10H16N2O3/c1-8-4-9(15-11-8)5-12-2-3-14-10(6-12)7-13/h4,10,13H,2-3,5-7H2,1H3. The molecule has 1 saturated heterocycles. The average molecular weight is 212 g/mol. The second-order valence-corrected chi connectivity index (χ2v) is 3.85. The highest BCUT2D eigenvalue weighted by atomic mass is 16.5. The van der Waals surface area contributed by atoms with Gasteiger partial charge in [-0.05, 0) is 6.92 Å². The molecule has 0 aromatic carbocycles. The smallest absolute Gasteiger partial charge is 0.150 e. The van der Waals surface area contributed by atoms with Crippen LogP contribution in [0.15, 0.2) is 10.6 Å². The normalized spacial score (nSPS) is 23.2. The summed E-state index contributed by atoms with van der Waals surface area (Å²) in [7, 11) is 0. The number of hydrogen-bond acceptors (Lipinski definition) is 5. The van der Waals surface area contributed by atoms with Gasteiger partial charge in [0.25, 0.3) is 0 Å². The van der Waals surface area contributed by atoms with Gasteiger partial charge in [0.05, 0.1) is 31.6 Å². The van der Waals surface area contributed by atoms with Gasteiger partial charge in [-0.25, -0.2) is 0 Å². The third-order valence-electron chi connectivity index (χ3n) is 2.48. The molecule has 5 nitrogen and oxygen atoms in total. The summed E-state index contributed by atoms with van der Waals surface area (Å²) in [4.78, 5) is 2.20. The maximum atomic E-state index is 8.99. The summed E-state index contributed by atoms with van der Waals surface area (Å²) in [5.41, 5.74) is 0.900. The van der Waals surface area contributed by atoms with E-state index < -0.39 is 0 Å². The van der Waals surface area contributed by atoms with Gasteiger partial charge < -0.3 is 14.4 Å². The lowest BCUT2D eigenvalue weighted by atomic mass is 10.2. The van der Waals surface area contributed by atoms with Gasteiger partial charge in [-0.1, -0.05) is 5.16 Å². The molecule has 1 fully saturated rings. The second-order valence-electron chi connectivity index (χ2n) is 3.85. The number of hydrogen-bond donors (Lipinski definition) is 1. The fraction of sp³-hybridized carbons (Fsp3) is 0.700. The molecule has 0 radical (unpaired) electrons. The van der Waals surface area contributed by atoms with Crippen molar-refractivity contribution in [2.75, 3.05) is 26.3 Å². The predicted octanol–water partition coefficient (Wildman–Crippen LogP) is 0.176. The molecule has 1 aromatic heterocycles. The van der Waals surface area contributed by atoms with E-state index in [1.807, 2.05) is 13.0 Å². The minimum absolute atomic E-state index is 0.0669. The molecule has 1 aromatic rings. The summed E-state index contributed by atoms with van der Waals surface area (Å²) in [6, 6.07) is 1.93. The lowest BCUT2D eigenvalue weighted by molar-refractivity contribution is -0.0567. The van der Waals surface area contributed by atoms with Crippen molar-refractivity contribution < 1.29 is 14.4 Å². The lowest BCUT2D eigenvalue weighted by Crippen LogP contribution is -2.43. The van der Waals surface area contributed by atoms with Crippen LogP contribution < -0.4 is 0 Å². The predicted molar refractivity (Wildman–Crippen MR) is 53.3 cm³/mol. The fourth-order valence-corrected chi connectivity index (χ4v) is 1.75. The largest absolute Gasteiger partial charge is 0.394 e. The van der Waals surface area contributed by atoms with Gasteiger partial charge in [0.15, 0.2) is 5.76 Å². The Hall–Kier alpha value is -0.910. The summed E-state index contributed by atoms with van der Waals surface area (Å²) in [5.74, 6) is 0.867. The minimum atomic E-state index is -0.0669. The van der Waals surface area contributed by atoms with Crippen LogP contribution in [0.5, 0.6) is 0 Å². The van der Waals surface area contributed by atoms with E-state index in [0.717, 1.165) is 31.1 Å². The fourth-order valence-electron chi connectivity index (χ4n) is 1.75. The zero-order valence-electron chi connectivity index (χ0n) is 8.85. The minimum Gasteiger partial charge on any atom is -0.394 e.